The zero-order chi connectivity index (χ0) is 18.6. The Morgan fingerprint density at radius 1 is 1.08 bits per heavy atom. The van der Waals surface area contributed by atoms with E-state index in [0.29, 0.717) is 13.2 Å². The number of sulfonamides is 1. The second-order valence-corrected chi connectivity index (χ2v) is 9.00. The van der Waals surface area contributed by atoms with Crippen LogP contribution in [-0.2, 0) is 14.8 Å². The molecule has 2 atom stereocenters. The number of morpholine rings is 1. The van der Waals surface area contributed by atoms with Gasteiger partial charge in [0.05, 0.1) is 24.2 Å². The van der Waals surface area contributed by atoms with Gasteiger partial charge in [0.15, 0.2) is 0 Å². The summed E-state index contributed by atoms with van der Waals surface area (Å²) in [5.74, 6) is 0. The summed E-state index contributed by atoms with van der Waals surface area (Å²) in [6.45, 7) is 4.80. The van der Waals surface area contributed by atoms with Gasteiger partial charge in [0.25, 0.3) is 0 Å². The van der Waals surface area contributed by atoms with Crippen LogP contribution < -0.4 is 4.72 Å². The molecule has 0 saturated carbocycles. The largest absolute Gasteiger partial charge is 0.379 e. The lowest BCUT2D eigenvalue weighted by molar-refractivity contribution is 0.0105. The number of ether oxygens (including phenoxy) is 1. The Hall–Kier alpha value is -1.25. The molecule has 2 aromatic rings. The first-order valence-electron chi connectivity index (χ1n) is 8.62. The van der Waals surface area contributed by atoms with E-state index in [1.165, 1.54) is 0 Å². The SMILES string of the molecule is C[C@H](NS(=O)(=O)c1cccc(Br)c1)[C@H](c1ccccc1)N1CCOCC1. The highest BCUT2D eigenvalue weighted by Gasteiger charge is 2.30. The number of hydrogen-bond acceptors (Lipinski definition) is 4. The Bertz CT molecular complexity index is 824. The van der Waals surface area contributed by atoms with Gasteiger partial charge in [0.1, 0.15) is 0 Å². The number of nitrogens with zero attached hydrogens (tertiary/aromatic N) is 1. The number of halogens is 1. The summed E-state index contributed by atoms with van der Waals surface area (Å²) in [5, 5.41) is 0. The molecule has 2 aromatic carbocycles. The summed E-state index contributed by atoms with van der Waals surface area (Å²) in [6.07, 6.45) is 0. The normalized spacial score (nSPS) is 18.4. The zero-order valence-electron chi connectivity index (χ0n) is 14.6. The second kappa shape index (κ2) is 8.63. The van der Waals surface area contributed by atoms with E-state index in [9.17, 15) is 8.42 Å². The standard InChI is InChI=1S/C19H23BrN2O3S/c1-15(21-26(23,24)18-9-5-8-17(20)14-18)19(16-6-3-2-4-7-16)22-10-12-25-13-11-22/h2-9,14-15,19,21H,10-13H2,1H3/t15-,19+/m0/s1. The zero-order valence-corrected chi connectivity index (χ0v) is 17.0. The first kappa shape index (κ1) is 19.5. The topological polar surface area (TPSA) is 58.6 Å². The van der Waals surface area contributed by atoms with E-state index in [1.807, 2.05) is 43.3 Å². The van der Waals surface area contributed by atoms with Crippen molar-refractivity contribution in [3.8, 4) is 0 Å². The third kappa shape index (κ3) is 4.72. The Morgan fingerprint density at radius 2 is 1.77 bits per heavy atom. The van der Waals surface area contributed by atoms with Crippen molar-refractivity contribution in [1.29, 1.82) is 0 Å². The molecule has 0 radical (unpaired) electrons. The van der Waals surface area contributed by atoms with Crippen molar-refractivity contribution in [2.45, 2.75) is 23.9 Å². The summed E-state index contributed by atoms with van der Waals surface area (Å²) in [6, 6.07) is 16.4. The molecule has 0 unspecified atom stereocenters. The Kier molecular flexibility index (Phi) is 6.47. The quantitative estimate of drug-likeness (QED) is 0.751. The Balaban J connectivity index is 1.86. The van der Waals surface area contributed by atoms with Crippen LogP contribution in [0.4, 0.5) is 0 Å². The first-order valence-corrected chi connectivity index (χ1v) is 10.9. The lowest BCUT2D eigenvalue weighted by atomic mass is 9.99. The van der Waals surface area contributed by atoms with Crippen molar-refractivity contribution in [2.24, 2.45) is 0 Å². The van der Waals surface area contributed by atoms with E-state index in [-0.39, 0.29) is 17.0 Å². The molecule has 5 nitrogen and oxygen atoms in total. The average Bonchev–Trinajstić information content (AvgIpc) is 2.63. The van der Waals surface area contributed by atoms with E-state index in [2.05, 4.69) is 25.6 Å². The molecule has 7 heteroatoms. The minimum absolute atomic E-state index is 0.0537. The molecular weight excluding hydrogens is 416 g/mol. The van der Waals surface area contributed by atoms with Gasteiger partial charge in [-0.3, -0.25) is 4.90 Å². The molecule has 1 heterocycles. The van der Waals surface area contributed by atoms with Crippen molar-refractivity contribution in [2.75, 3.05) is 26.3 Å². The average molecular weight is 439 g/mol. The molecule has 0 spiro atoms. The van der Waals surface area contributed by atoms with E-state index in [4.69, 9.17) is 4.74 Å². The van der Waals surface area contributed by atoms with Gasteiger partial charge in [-0.05, 0) is 30.7 Å². The molecular formula is C19H23BrN2O3S. The summed E-state index contributed by atoms with van der Waals surface area (Å²) in [7, 11) is -3.61. The Morgan fingerprint density at radius 3 is 2.42 bits per heavy atom. The van der Waals surface area contributed by atoms with Gasteiger partial charge in [-0.15, -0.1) is 0 Å². The minimum atomic E-state index is -3.61. The molecule has 3 rings (SSSR count). The van der Waals surface area contributed by atoms with Gasteiger partial charge < -0.3 is 4.74 Å². The predicted octanol–water partition coefficient (Wildman–Crippen LogP) is 3.19. The summed E-state index contributed by atoms with van der Waals surface area (Å²) >= 11 is 3.33. The number of benzene rings is 2. The molecule has 140 valence electrons. The van der Waals surface area contributed by atoms with E-state index < -0.39 is 10.0 Å². The molecule has 1 fully saturated rings. The number of hydrogen-bond donors (Lipinski definition) is 1. The van der Waals surface area contributed by atoms with Gasteiger partial charge in [-0.1, -0.05) is 52.3 Å². The van der Waals surface area contributed by atoms with Crippen LogP contribution >= 0.6 is 15.9 Å². The van der Waals surface area contributed by atoms with E-state index in [1.54, 1.807) is 18.2 Å². The van der Waals surface area contributed by atoms with Crippen LogP contribution in [0, 0.1) is 0 Å². The van der Waals surface area contributed by atoms with Crippen LogP contribution in [0.3, 0.4) is 0 Å². The van der Waals surface area contributed by atoms with Crippen LogP contribution in [0.15, 0.2) is 64.0 Å². The number of rotatable bonds is 6. The fourth-order valence-electron chi connectivity index (χ4n) is 3.33. The van der Waals surface area contributed by atoms with Crippen LogP contribution in [0.25, 0.3) is 0 Å². The maximum Gasteiger partial charge on any atom is 0.240 e. The highest BCUT2D eigenvalue weighted by molar-refractivity contribution is 9.10. The fraction of sp³-hybridized carbons (Fsp3) is 0.368. The van der Waals surface area contributed by atoms with Crippen LogP contribution in [0.5, 0.6) is 0 Å². The molecule has 26 heavy (non-hydrogen) atoms. The lowest BCUT2D eigenvalue weighted by Gasteiger charge is -2.38. The maximum atomic E-state index is 12.8. The maximum absolute atomic E-state index is 12.8. The molecule has 0 aliphatic carbocycles. The third-order valence-electron chi connectivity index (χ3n) is 4.50. The molecule has 0 aromatic heterocycles. The third-order valence-corrected chi connectivity index (χ3v) is 6.55. The molecule has 1 aliphatic heterocycles. The summed E-state index contributed by atoms with van der Waals surface area (Å²) in [4.78, 5) is 2.54. The van der Waals surface area contributed by atoms with Gasteiger partial charge in [0, 0.05) is 23.6 Å². The van der Waals surface area contributed by atoms with Crippen molar-refractivity contribution in [1.82, 2.24) is 9.62 Å². The van der Waals surface area contributed by atoms with Crippen LogP contribution in [0.1, 0.15) is 18.5 Å². The van der Waals surface area contributed by atoms with Gasteiger partial charge >= 0.3 is 0 Å². The van der Waals surface area contributed by atoms with Gasteiger partial charge in [-0.2, -0.15) is 0 Å². The smallest absolute Gasteiger partial charge is 0.240 e. The molecule has 0 amide bonds. The molecule has 1 aliphatic rings. The van der Waals surface area contributed by atoms with Crippen LogP contribution in [-0.4, -0.2) is 45.7 Å². The highest BCUT2D eigenvalue weighted by atomic mass is 79.9. The van der Waals surface area contributed by atoms with Crippen molar-refractivity contribution in [3.05, 3.63) is 64.6 Å². The van der Waals surface area contributed by atoms with Gasteiger partial charge in [0.2, 0.25) is 10.0 Å². The summed E-state index contributed by atoms with van der Waals surface area (Å²) in [5.41, 5.74) is 1.10. The molecule has 1 saturated heterocycles. The molecule has 0 bridgehead atoms. The fourth-order valence-corrected chi connectivity index (χ4v) is 5.18. The molecule has 1 N–H and O–H groups in total. The summed E-state index contributed by atoms with van der Waals surface area (Å²) < 4.78 is 34.7. The van der Waals surface area contributed by atoms with Gasteiger partial charge in [-0.25, -0.2) is 13.1 Å². The first-order chi connectivity index (χ1) is 12.5. The van der Waals surface area contributed by atoms with Crippen molar-refractivity contribution in [3.63, 3.8) is 0 Å². The minimum Gasteiger partial charge on any atom is -0.379 e. The number of nitrogens with one attached hydrogen (secondary N) is 1. The monoisotopic (exact) mass is 438 g/mol. The Labute approximate surface area is 163 Å². The predicted molar refractivity (Wildman–Crippen MR) is 106 cm³/mol. The van der Waals surface area contributed by atoms with Crippen LogP contribution in [0.2, 0.25) is 0 Å². The van der Waals surface area contributed by atoms with Crippen molar-refractivity contribution >= 4 is 26.0 Å². The van der Waals surface area contributed by atoms with E-state index in [0.717, 1.165) is 23.1 Å². The second-order valence-electron chi connectivity index (χ2n) is 6.37. The lowest BCUT2D eigenvalue weighted by Crippen LogP contribution is -2.48. The highest BCUT2D eigenvalue weighted by Crippen LogP contribution is 2.27. The van der Waals surface area contributed by atoms with Crippen molar-refractivity contribution < 1.29 is 13.2 Å². The van der Waals surface area contributed by atoms with E-state index >= 15 is 0 Å².